The summed E-state index contributed by atoms with van der Waals surface area (Å²) in [5.41, 5.74) is 1.14. The summed E-state index contributed by atoms with van der Waals surface area (Å²) >= 11 is 0. The Morgan fingerprint density at radius 1 is 1.28 bits per heavy atom. The molecule has 25 heavy (non-hydrogen) atoms. The van der Waals surface area contributed by atoms with Gasteiger partial charge in [0, 0.05) is 24.0 Å². The maximum Gasteiger partial charge on any atom is 0.401 e. The number of nitrogens with one attached hydrogen (secondary N) is 1. The van der Waals surface area contributed by atoms with Crippen LogP contribution in [0.4, 0.5) is 13.2 Å². The molecule has 0 saturated carbocycles. The van der Waals surface area contributed by atoms with Crippen molar-refractivity contribution >= 4 is 16.9 Å². The first kappa shape index (κ1) is 17.6. The summed E-state index contributed by atoms with van der Waals surface area (Å²) < 4.78 is 47.8. The van der Waals surface area contributed by atoms with Crippen molar-refractivity contribution in [1.29, 1.82) is 0 Å². The van der Waals surface area contributed by atoms with Crippen molar-refractivity contribution in [2.75, 3.05) is 26.7 Å². The lowest BCUT2D eigenvalue weighted by Gasteiger charge is -2.32. The number of H-pyrrole nitrogens is 1. The van der Waals surface area contributed by atoms with Crippen molar-refractivity contribution in [2.24, 2.45) is 0 Å². The number of carbonyl (C=O) groups is 1. The molecular weight excluding hydrogens is 337 g/mol. The van der Waals surface area contributed by atoms with Crippen LogP contribution in [0.25, 0.3) is 10.9 Å². The molecule has 0 bridgehead atoms. The maximum absolute atomic E-state index is 12.4. The zero-order valence-corrected chi connectivity index (χ0v) is 13.7. The number of fused-ring (bicyclic) bond motifs is 1. The minimum atomic E-state index is -4.16. The smallest absolute Gasteiger partial charge is 0.401 e. The molecule has 0 spiro atoms. The predicted molar refractivity (Wildman–Crippen MR) is 85.8 cm³/mol. The van der Waals surface area contributed by atoms with Gasteiger partial charge in [-0.2, -0.15) is 13.2 Å². The van der Waals surface area contributed by atoms with Gasteiger partial charge in [-0.3, -0.25) is 4.90 Å². The lowest BCUT2D eigenvalue weighted by molar-refractivity contribution is -0.149. The first-order valence-corrected chi connectivity index (χ1v) is 8.01. The number of alkyl halides is 3. The van der Waals surface area contributed by atoms with Crippen LogP contribution in [0, 0.1) is 0 Å². The zero-order chi connectivity index (χ0) is 18.0. The lowest BCUT2D eigenvalue weighted by atomic mass is 10.1. The second-order valence-corrected chi connectivity index (χ2v) is 6.13. The van der Waals surface area contributed by atoms with Gasteiger partial charge in [0.25, 0.3) is 0 Å². The fourth-order valence-electron chi connectivity index (χ4n) is 3.04. The molecule has 5 nitrogen and oxygen atoms in total. The van der Waals surface area contributed by atoms with E-state index in [1.807, 2.05) is 0 Å². The van der Waals surface area contributed by atoms with Gasteiger partial charge < -0.3 is 14.5 Å². The number of methoxy groups -OCH3 is 1. The molecule has 1 aromatic heterocycles. The van der Waals surface area contributed by atoms with E-state index >= 15 is 0 Å². The Labute approximate surface area is 142 Å². The summed E-state index contributed by atoms with van der Waals surface area (Å²) in [5, 5.41) is 0.812. The molecule has 1 N–H and O–H groups in total. The molecule has 0 amide bonds. The van der Waals surface area contributed by atoms with Crippen molar-refractivity contribution in [3.63, 3.8) is 0 Å². The molecular formula is C17H19F3N2O3. The van der Waals surface area contributed by atoms with Crippen LogP contribution in [0.5, 0.6) is 5.75 Å². The Hall–Kier alpha value is -2.22. The van der Waals surface area contributed by atoms with E-state index in [1.165, 1.54) is 12.0 Å². The van der Waals surface area contributed by atoms with Crippen LogP contribution in [0.2, 0.25) is 0 Å². The Bertz CT molecular complexity index is 749. The fourth-order valence-corrected chi connectivity index (χ4v) is 3.04. The molecule has 136 valence electrons. The van der Waals surface area contributed by atoms with Crippen LogP contribution < -0.4 is 4.74 Å². The molecule has 0 aliphatic carbocycles. The number of rotatable bonds is 4. The van der Waals surface area contributed by atoms with Crippen molar-refractivity contribution in [3.8, 4) is 5.75 Å². The predicted octanol–water partition coefficient (Wildman–Crippen LogP) is 3.36. The average Bonchev–Trinajstić information content (AvgIpc) is 2.98. The summed E-state index contributed by atoms with van der Waals surface area (Å²) in [5.74, 6) is 0.188. The highest BCUT2D eigenvalue weighted by molar-refractivity contribution is 5.95. The number of esters is 1. The van der Waals surface area contributed by atoms with E-state index in [0.717, 1.165) is 10.9 Å². The first-order chi connectivity index (χ1) is 11.8. The number of aromatic nitrogens is 1. The molecule has 1 fully saturated rings. The average molecular weight is 356 g/mol. The van der Waals surface area contributed by atoms with Crippen molar-refractivity contribution in [3.05, 3.63) is 30.0 Å². The largest absolute Gasteiger partial charge is 0.490 e. The number of nitrogens with zero attached hydrogens (tertiary/aromatic N) is 1. The van der Waals surface area contributed by atoms with Gasteiger partial charge in [0.05, 0.1) is 13.7 Å². The molecule has 8 heteroatoms. The topological polar surface area (TPSA) is 54.6 Å². The minimum absolute atomic E-state index is 0.110. The van der Waals surface area contributed by atoms with Crippen LogP contribution in [0.15, 0.2) is 24.3 Å². The van der Waals surface area contributed by atoms with Gasteiger partial charge in [0.15, 0.2) is 0 Å². The van der Waals surface area contributed by atoms with Gasteiger partial charge in [-0.25, -0.2) is 4.79 Å². The summed E-state index contributed by atoms with van der Waals surface area (Å²) in [6.07, 6.45) is -3.17. The van der Waals surface area contributed by atoms with Crippen LogP contribution >= 0.6 is 0 Å². The number of ether oxygens (including phenoxy) is 2. The van der Waals surface area contributed by atoms with Crippen molar-refractivity contribution < 1.29 is 27.4 Å². The molecule has 2 aromatic rings. The monoisotopic (exact) mass is 356 g/mol. The molecule has 1 aromatic carbocycles. The molecule has 1 aliphatic heterocycles. The van der Waals surface area contributed by atoms with Gasteiger partial charge in [0.1, 0.15) is 17.5 Å². The van der Waals surface area contributed by atoms with Gasteiger partial charge in [-0.05, 0) is 37.1 Å². The highest BCUT2D eigenvalue weighted by Gasteiger charge is 2.32. The summed E-state index contributed by atoms with van der Waals surface area (Å²) in [6.45, 7) is -0.141. The van der Waals surface area contributed by atoms with Crippen molar-refractivity contribution in [2.45, 2.75) is 25.1 Å². The normalized spacial score (nSPS) is 17.0. The second-order valence-electron chi connectivity index (χ2n) is 6.13. The number of benzene rings is 1. The number of carbonyl (C=O) groups excluding carboxylic acids is 1. The minimum Gasteiger partial charge on any atom is -0.490 e. The molecule has 1 aliphatic rings. The third-order valence-electron chi connectivity index (χ3n) is 4.24. The standard InChI is InChI=1S/C17H19F3N2O3/c1-24-16(23)15-9-11-8-13(2-3-14(11)21-15)25-12-4-6-22(7-5-12)10-17(18,19)20/h2-3,8-9,12,21H,4-7,10H2,1H3. The molecule has 2 heterocycles. The molecule has 3 rings (SSSR count). The number of hydrogen-bond acceptors (Lipinski definition) is 4. The van der Waals surface area contributed by atoms with E-state index in [1.54, 1.807) is 24.3 Å². The Morgan fingerprint density at radius 2 is 2.00 bits per heavy atom. The molecule has 1 saturated heterocycles. The Morgan fingerprint density at radius 3 is 2.64 bits per heavy atom. The highest BCUT2D eigenvalue weighted by Crippen LogP contribution is 2.26. The van der Waals surface area contributed by atoms with Crippen LogP contribution in [-0.4, -0.2) is 54.9 Å². The number of hydrogen-bond donors (Lipinski definition) is 1. The van der Waals surface area contributed by atoms with Gasteiger partial charge in [-0.15, -0.1) is 0 Å². The second kappa shape index (κ2) is 6.95. The first-order valence-electron chi connectivity index (χ1n) is 8.01. The van der Waals surface area contributed by atoms with Gasteiger partial charge >= 0.3 is 12.1 Å². The quantitative estimate of drug-likeness (QED) is 0.854. The molecule has 0 radical (unpaired) electrons. The Balaban J connectivity index is 1.61. The molecule has 0 unspecified atom stereocenters. The van der Waals surface area contributed by atoms with Gasteiger partial charge in [0.2, 0.25) is 0 Å². The van der Waals surface area contributed by atoms with Crippen LogP contribution in [-0.2, 0) is 4.74 Å². The van der Waals surface area contributed by atoms with E-state index < -0.39 is 18.7 Å². The summed E-state index contributed by atoms with van der Waals surface area (Å²) in [4.78, 5) is 15.9. The fraction of sp³-hybridized carbons (Fsp3) is 0.471. The van der Waals surface area contributed by atoms with Crippen LogP contribution in [0.1, 0.15) is 23.3 Å². The third kappa shape index (κ3) is 4.45. The zero-order valence-electron chi connectivity index (χ0n) is 13.7. The third-order valence-corrected chi connectivity index (χ3v) is 4.24. The maximum atomic E-state index is 12.4. The van der Waals surface area contributed by atoms with E-state index in [-0.39, 0.29) is 6.10 Å². The lowest BCUT2D eigenvalue weighted by Crippen LogP contribution is -2.42. The number of likely N-dealkylation sites (tertiary alicyclic amines) is 1. The van der Waals surface area contributed by atoms with Crippen LogP contribution in [0.3, 0.4) is 0 Å². The highest BCUT2D eigenvalue weighted by atomic mass is 19.4. The SMILES string of the molecule is COC(=O)c1cc2cc(OC3CCN(CC(F)(F)F)CC3)ccc2[nH]1. The number of halogens is 3. The van der Waals surface area contributed by atoms with E-state index in [9.17, 15) is 18.0 Å². The molecule has 0 atom stereocenters. The van der Waals surface area contributed by atoms with E-state index in [4.69, 9.17) is 4.74 Å². The number of piperidine rings is 1. The van der Waals surface area contributed by atoms with E-state index in [0.29, 0.717) is 37.4 Å². The van der Waals surface area contributed by atoms with Crippen molar-refractivity contribution in [1.82, 2.24) is 9.88 Å². The Kier molecular flexibility index (Phi) is 4.89. The van der Waals surface area contributed by atoms with E-state index in [2.05, 4.69) is 9.72 Å². The van der Waals surface area contributed by atoms with Gasteiger partial charge in [-0.1, -0.05) is 0 Å². The summed E-state index contributed by atoms with van der Waals surface area (Å²) in [7, 11) is 1.31. The number of aromatic amines is 1. The summed E-state index contributed by atoms with van der Waals surface area (Å²) in [6, 6.07) is 7.07.